The van der Waals surface area contributed by atoms with Crippen LogP contribution in [-0.2, 0) is 10.0 Å². The molecule has 1 saturated heterocycles. The van der Waals surface area contributed by atoms with Crippen molar-refractivity contribution >= 4 is 15.9 Å². The maximum atomic E-state index is 13.4. The van der Waals surface area contributed by atoms with Gasteiger partial charge in [0, 0.05) is 6.54 Å². The van der Waals surface area contributed by atoms with Crippen LogP contribution in [0.3, 0.4) is 0 Å². The summed E-state index contributed by atoms with van der Waals surface area (Å²) in [6.45, 7) is 3.49. The third-order valence-corrected chi connectivity index (χ3v) is 6.02. The lowest BCUT2D eigenvalue weighted by atomic mass is 10.0. The number of benzene rings is 1. The number of aryl methyl sites for hydroxylation is 2. The number of hydrogen-bond acceptors (Lipinski definition) is 3. The van der Waals surface area contributed by atoms with Crippen molar-refractivity contribution in [2.24, 2.45) is 5.73 Å². The van der Waals surface area contributed by atoms with Gasteiger partial charge >= 0.3 is 0 Å². The topological polar surface area (TPSA) is 87.2 Å². The van der Waals surface area contributed by atoms with Crippen molar-refractivity contribution in [3.63, 3.8) is 0 Å². The van der Waals surface area contributed by atoms with Crippen molar-refractivity contribution < 1.29 is 12.8 Å². The molecule has 116 valence electrons. The Kier molecular flexibility index (Phi) is 4.34. The van der Waals surface area contributed by atoms with Crippen molar-refractivity contribution in [1.29, 1.82) is 5.41 Å². The van der Waals surface area contributed by atoms with Crippen molar-refractivity contribution in [1.82, 2.24) is 4.31 Å². The van der Waals surface area contributed by atoms with Crippen LogP contribution in [0.25, 0.3) is 0 Å². The van der Waals surface area contributed by atoms with E-state index in [1.54, 1.807) is 13.8 Å². The standard InChI is InChI=1S/C14H20FN3O2S/c1-9-7-11(15)8-10(2)13(9)21(19,20)18-6-4-3-5-12(18)14(16)17/h7-8,12H,3-6H2,1-2H3,(H3,16,17). The smallest absolute Gasteiger partial charge is 0.244 e. The molecular weight excluding hydrogens is 293 g/mol. The van der Waals surface area contributed by atoms with E-state index in [0.717, 1.165) is 12.8 Å². The lowest BCUT2D eigenvalue weighted by Gasteiger charge is -2.34. The zero-order valence-electron chi connectivity index (χ0n) is 12.2. The lowest BCUT2D eigenvalue weighted by Crippen LogP contribution is -2.50. The second-order valence-corrected chi connectivity index (χ2v) is 7.28. The molecule has 1 aromatic carbocycles. The van der Waals surface area contributed by atoms with E-state index in [9.17, 15) is 12.8 Å². The Hall–Kier alpha value is -1.47. The zero-order valence-corrected chi connectivity index (χ0v) is 13.0. The molecule has 1 unspecified atom stereocenters. The van der Waals surface area contributed by atoms with Crippen LogP contribution < -0.4 is 5.73 Å². The summed E-state index contributed by atoms with van der Waals surface area (Å²) in [7, 11) is -3.79. The molecule has 1 aliphatic rings. The Morgan fingerprint density at radius 1 is 1.33 bits per heavy atom. The van der Waals surface area contributed by atoms with Gasteiger partial charge in [-0.3, -0.25) is 5.41 Å². The van der Waals surface area contributed by atoms with E-state index in [4.69, 9.17) is 11.1 Å². The van der Waals surface area contributed by atoms with Crippen LogP contribution in [0.15, 0.2) is 17.0 Å². The summed E-state index contributed by atoms with van der Waals surface area (Å²) in [5, 5.41) is 7.61. The number of sulfonamides is 1. The summed E-state index contributed by atoms with van der Waals surface area (Å²) < 4.78 is 40.5. The van der Waals surface area contributed by atoms with Crippen LogP contribution in [-0.4, -0.2) is 31.1 Å². The second kappa shape index (κ2) is 5.73. The van der Waals surface area contributed by atoms with Gasteiger partial charge < -0.3 is 5.73 Å². The molecule has 0 aromatic heterocycles. The zero-order chi connectivity index (χ0) is 15.8. The van der Waals surface area contributed by atoms with Gasteiger partial charge in [-0.2, -0.15) is 4.31 Å². The van der Waals surface area contributed by atoms with Gasteiger partial charge in [-0.25, -0.2) is 12.8 Å². The summed E-state index contributed by atoms with van der Waals surface area (Å²) in [5.41, 5.74) is 6.30. The number of nitrogens with zero attached hydrogens (tertiary/aromatic N) is 1. The predicted molar refractivity (Wildman–Crippen MR) is 79.3 cm³/mol. The Labute approximate surface area is 124 Å². The van der Waals surface area contributed by atoms with Gasteiger partial charge in [-0.05, 0) is 49.9 Å². The van der Waals surface area contributed by atoms with Crippen LogP contribution in [0.2, 0.25) is 0 Å². The van der Waals surface area contributed by atoms with Gasteiger partial charge in [0.2, 0.25) is 10.0 Å². The van der Waals surface area contributed by atoms with Gasteiger partial charge in [0.05, 0.1) is 10.9 Å². The third-order valence-electron chi connectivity index (χ3n) is 3.80. The predicted octanol–water partition coefficient (Wildman–Crippen LogP) is 1.92. The Balaban J connectivity index is 2.53. The van der Waals surface area contributed by atoms with Gasteiger partial charge in [0.15, 0.2) is 0 Å². The van der Waals surface area contributed by atoms with E-state index < -0.39 is 21.9 Å². The average molecular weight is 313 g/mol. The van der Waals surface area contributed by atoms with Crippen molar-refractivity contribution in [3.05, 3.63) is 29.1 Å². The van der Waals surface area contributed by atoms with E-state index in [2.05, 4.69) is 0 Å². The van der Waals surface area contributed by atoms with Gasteiger partial charge in [0.1, 0.15) is 11.7 Å². The summed E-state index contributed by atoms with van der Waals surface area (Å²) in [5.74, 6) is -0.596. The fourth-order valence-electron chi connectivity index (χ4n) is 2.93. The summed E-state index contributed by atoms with van der Waals surface area (Å²) in [6, 6.07) is 1.83. The molecule has 5 nitrogen and oxygen atoms in total. The maximum absolute atomic E-state index is 13.4. The van der Waals surface area contributed by atoms with Gasteiger partial charge in [0.25, 0.3) is 0 Å². The van der Waals surface area contributed by atoms with Crippen molar-refractivity contribution in [3.8, 4) is 0 Å². The van der Waals surface area contributed by atoms with Gasteiger partial charge in [-0.1, -0.05) is 6.42 Å². The number of piperidine rings is 1. The number of halogens is 1. The highest BCUT2D eigenvalue weighted by molar-refractivity contribution is 7.89. The van der Waals surface area contributed by atoms with Crippen LogP contribution >= 0.6 is 0 Å². The van der Waals surface area contributed by atoms with E-state index >= 15 is 0 Å². The highest BCUT2D eigenvalue weighted by atomic mass is 32.2. The maximum Gasteiger partial charge on any atom is 0.244 e. The van der Waals surface area contributed by atoms with Crippen LogP contribution in [0.4, 0.5) is 4.39 Å². The average Bonchev–Trinajstić information content (AvgIpc) is 2.37. The van der Waals surface area contributed by atoms with Crippen LogP contribution in [0, 0.1) is 25.1 Å². The Morgan fingerprint density at radius 2 is 1.90 bits per heavy atom. The number of nitrogens with two attached hydrogens (primary N) is 1. The molecule has 1 atom stereocenters. The third kappa shape index (κ3) is 2.94. The normalized spacial score (nSPS) is 20.4. The first kappa shape index (κ1) is 15.9. The SMILES string of the molecule is Cc1cc(F)cc(C)c1S(=O)(=O)N1CCCCC1C(=N)N. The monoisotopic (exact) mass is 313 g/mol. The minimum absolute atomic E-state index is 0.122. The molecular formula is C14H20FN3O2S. The first-order chi connectivity index (χ1) is 9.75. The number of amidine groups is 1. The van der Waals surface area contributed by atoms with E-state index in [1.165, 1.54) is 16.4 Å². The molecule has 21 heavy (non-hydrogen) atoms. The van der Waals surface area contributed by atoms with Crippen LogP contribution in [0.1, 0.15) is 30.4 Å². The fourth-order valence-corrected chi connectivity index (χ4v) is 5.01. The number of nitrogens with one attached hydrogen (secondary N) is 1. The molecule has 0 radical (unpaired) electrons. The highest BCUT2D eigenvalue weighted by Crippen LogP contribution is 2.29. The van der Waals surface area contributed by atoms with Crippen LogP contribution in [0.5, 0.6) is 0 Å². The van der Waals surface area contributed by atoms with E-state index in [0.29, 0.717) is 24.1 Å². The highest BCUT2D eigenvalue weighted by Gasteiger charge is 2.36. The first-order valence-corrected chi connectivity index (χ1v) is 8.31. The Bertz CT molecular complexity index is 650. The molecule has 0 spiro atoms. The largest absolute Gasteiger partial charge is 0.386 e. The molecule has 0 saturated carbocycles. The fraction of sp³-hybridized carbons (Fsp3) is 0.500. The lowest BCUT2D eigenvalue weighted by molar-refractivity contribution is 0.303. The molecule has 1 fully saturated rings. The molecule has 0 aliphatic carbocycles. The molecule has 0 bridgehead atoms. The first-order valence-electron chi connectivity index (χ1n) is 6.87. The number of hydrogen-bond donors (Lipinski definition) is 2. The molecule has 7 heteroatoms. The van der Waals surface area contributed by atoms with E-state index in [-0.39, 0.29) is 10.7 Å². The molecule has 1 aromatic rings. The molecule has 2 rings (SSSR count). The van der Waals surface area contributed by atoms with Crippen molar-refractivity contribution in [2.45, 2.75) is 44.0 Å². The Morgan fingerprint density at radius 3 is 2.43 bits per heavy atom. The van der Waals surface area contributed by atoms with E-state index in [1.807, 2.05) is 0 Å². The summed E-state index contributed by atoms with van der Waals surface area (Å²) in [6.07, 6.45) is 2.13. The second-order valence-electron chi connectivity index (χ2n) is 5.45. The molecule has 0 amide bonds. The summed E-state index contributed by atoms with van der Waals surface area (Å²) >= 11 is 0. The number of rotatable bonds is 3. The minimum atomic E-state index is -3.79. The molecule has 3 N–H and O–H groups in total. The quantitative estimate of drug-likeness (QED) is 0.660. The molecule has 1 heterocycles. The minimum Gasteiger partial charge on any atom is -0.386 e. The van der Waals surface area contributed by atoms with Crippen molar-refractivity contribution in [2.75, 3.05) is 6.54 Å². The molecule has 1 aliphatic heterocycles. The van der Waals surface area contributed by atoms with Gasteiger partial charge in [-0.15, -0.1) is 0 Å². The summed E-state index contributed by atoms with van der Waals surface area (Å²) in [4.78, 5) is 0.122.